The van der Waals surface area contributed by atoms with E-state index in [1.165, 1.54) is 12.1 Å². The predicted octanol–water partition coefficient (Wildman–Crippen LogP) is 5.24. The van der Waals surface area contributed by atoms with Crippen molar-refractivity contribution in [1.82, 2.24) is 5.43 Å². The van der Waals surface area contributed by atoms with Crippen molar-refractivity contribution in [2.45, 2.75) is 25.2 Å². The summed E-state index contributed by atoms with van der Waals surface area (Å²) in [5, 5.41) is 7.02. The van der Waals surface area contributed by atoms with Crippen LogP contribution < -0.4 is 15.0 Å². The fourth-order valence-corrected chi connectivity index (χ4v) is 5.52. The summed E-state index contributed by atoms with van der Waals surface area (Å²) in [7, 11) is -4.02. The Kier molecular flexibility index (Phi) is 9.08. The number of nitrogens with one attached hydrogen (secondary N) is 2. The first-order chi connectivity index (χ1) is 19.3. The van der Waals surface area contributed by atoms with Gasteiger partial charge in [-0.15, -0.1) is 0 Å². The molecule has 0 saturated heterocycles. The number of hydrazone groups is 1. The lowest BCUT2D eigenvalue weighted by molar-refractivity contribution is -0.119. The van der Waals surface area contributed by atoms with E-state index in [9.17, 15) is 18.0 Å². The number of benzene rings is 4. The molecule has 0 radical (unpaired) electrons. The van der Waals surface area contributed by atoms with Gasteiger partial charge in [-0.2, -0.15) is 5.10 Å². The number of para-hydroxylation sites is 1. The highest BCUT2D eigenvalue weighted by molar-refractivity contribution is 7.92. The lowest BCUT2D eigenvalue weighted by Gasteiger charge is -2.25. The van der Waals surface area contributed by atoms with Gasteiger partial charge in [0, 0.05) is 11.3 Å². The zero-order valence-corrected chi connectivity index (χ0v) is 23.1. The first-order valence-electron chi connectivity index (χ1n) is 12.7. The molecule has 4 aromatic carbocycles. The standard InChI is InChI=1S/C31H30N4O4S/c1-3-24-12-10-11-17-29(24)35(40(38,39)28-15-8-5-9-16-28)22-30(36)34-33-23(2)25-18-20-27(21-19-25)32-31(37)26-13-6-4-7-14-26/h4-21H,3,22H2,1-2H3,(H,32,37)(H,34,36)/b33-23-. The Morgan fingerprint density at radius 3 is 2.02 bits per heavy atom. The number of amides is 2. The SMILES string of the molecule is CCc1ccccc1N(CC(=O)N/N=C(/C)c1ccc(NC(=O)c2ccccc2)cc1)S(=O)(=O)c1ccccc1. The van der Waals surface area contributed by atoms with E-state index < -0.39 is 22.5 Å². The van der Waals surface area contributed by atoms with E-state index in [1.807, 2.05) is 25.1 Å². The molecule has 204 valence electrons. The summed E-state index contributed by atoms with van der Waals surface area (Å²) >= 11 is 0. The Bertz CT molecular complexity index is 1600. The van der Waals surface area contributed by atoms with E-state index >= 15 is 0 Å². The first kappa shape index (κ1) is 28.3. The molecule has 4 aromatic rings. The zero-order chi connectivity index (χ0) is 28.5. The monoisotopic (exact) mass is 554 g/mol. The Labute approximate surface area is 234 Å². The van der Waals surface area contributed by atoms with Crippen molar-refractivity contribution in [1.29, 1.82) is 0 Å². The fraction of sp³-hybridized carbons (Fsp3) is 0.129. The molecule has 0 unspecified atom stereocenters. The number of hydrogen-bond acceptors (Lipinski definition) is 5. The highest BCUT2D eigenvalue weighted by Crippen LogP contribution is 2.27. The van der Waals surface area contributed by atoms with Crippen LogP contribution in [-0.2, 0) is 21.2 Å². The van der Waals surface area contributed by atoms with Gasteiger partial charge in [0.1, 0.15) is 6.54 Å². The van der Waals surface area contributed by atoms with Crippen LogP contribution in [0, 0.1) is 0 Å². The van der Waals surface area contributed by atoms with Crippen LogP contribution in [0.25, 0.3) is 0 Å². The molecule has 0 aliphatic rings. The number of carbonyl (C=O) groups is 2. The molecule has 9 heteroatoms. The highest BCUT2D eigenvalue weighted by Gasteiger charge is 2.28. The van der Waals surface area contributed by atoms with Crippen LogP contribution in [0.4, 0.5) is 11.4 Å². The van der Waals surface area contributed by atoms with Gasteiger partial charge < -0.3 is 5.32 Å². The van der Waals surface area contributed by atoms with Gasteiger partial charge in [-0.05, 0) is 66.9 Å². The van der Waals surface area contributed by atoms with Gasteiger partial charge >= 0.3 is 0 Å². The number of anilines is 2. The lowest BCUT2D eigenvalue weighted by atomic mass is 10.1. The number of sulfonamides is 1. The zero-order valence-electron chi connectivity index (χ0n) is 22.2. The van der Waals surface area contributed by atoms with E-state index in [0.717, 1.165) is 15.4 Å². The molecule has 0 fully saturated rings. The van der Waals surface area contributed by atoms with Gasteiger partial charge in [-0.3, -0.25) is 13.9 Å². The lowest BCUT2D eigenvalue weighted by Crippen LogP contribution is -2.40. The topological polar surface area (TPSA) is 108 Å². The quantitative estimate of drug-likeness (QED) is 0.207. The fourth-order valence-electron chi connectivity index (χ4n) is 4.04. The van der Waals surface area contributed by atoms with Crippen molar-refractivity contribution < 1.29 is 18.0 Å². The van der Waals surface area contributed by atoms with Gasteiger partial charge in [0.05, 0.1) is 16.3 Å². The smallest absolute Gasteiger partial charge is 0.264 e. The van der Waals surface area contributed by atoms with Gasteiger partial charge in [0.15, 0.2) is 0 Å². The van der Waals surface area contributed by atoms with E-state index in [0.29, 0.717) is 29.1 Å². The highest BCUT2D eigenvalue weighted by atomic mass is 32.2. The van der Waals surface area contributed by atoms with Gasteiger partial charge in [0.25, 0.3) is 21.8 Å². The van der Waals surface area contributed by atoms with Crippen molar-refractivity contribution in [2.75, 3.05) is 16.2 Å². The molecule has 40 heavy (non-hydrogen) atoms. The minimum Gasteiger partial charge on any atom is -0.322 e. The van der Waals surface area contributed by atoms with Gasteiger partial charge in [0.2, 0.25) is 0 Å². The van der Waals surface area contributed by atoms with Crippen LogP contribution in [0.2, 0.25) is 0 Å². The van der Waals surface area contributed by atoms with Crippen molar-refractivity contribution >= 4 is 38.9 Å². The van der Waals surface area contributed by atoms with Crippen LogP contribution in [0.1, 0.15) is 35.3 Å². The number of nitrogens with zero attached hydrogens (tertiary/aromatic N) is 2. The molecule has 0 atom stereocenters. The molecule has 0 saturated carbocycles. The van der Waals surface area contributed by atoms with Gasteiger partial charge in [-0.25, -0.2) is 13.8 Å². The van der Waals surface area contributed by atoms with E-state index in [-0.39, 0.29) is 10.8 Å². The molecule has 0 bridgehead atoms. The Morgan fingerprint density at radius 2 is 1.38 bits per heavy atom. The summed E-state index contributed by atoms with van der Waals surface area (Å²) in [6, 6.07) is 31.1. The molecular weight excluding hydrogens is 524 g/mol. The number of carbonyl (C=O) groups excluding carboxylic acids is 2. The third-order valence-electron chi connectivity index (χ3n) is 6.20. The third-order valence-corrected chi connectivity index (χ3v) is 7.98. The predicted molar refractivity (Wildman–Crippen MR) is 158 cm³/mol. The van der Waals surface area contributed by atoms with Crippen molar-refractivity contribution in [2.24, 2.45) is 5.10 Å². The molecule has 4 rings (SSSR count). The molecule has 2 N–H and O–H groups in total. The minimum atomic E-state index is -4.02. The van der Waals surface area contributed by atoms with Crippen molar-refractivity contribution in [3.05, 3.63) is 126 Å². The second-order valence-corrected chi connectivity index (χ2v) is 10.8. The number of hydrogen-bond donors (Lipinski definition) is 2. The van der Waals surface area contributed by atoms with Crippen LogP contribution in [0.5, 0.6) is 0 Å². The van der Waals surface area contributed by atoms with Crippen LogP contribution in [0.15, 0.2) is 119 Å². The molecular formula is C31H30N4O4S. The summed E-state index contributed by atoms with van der Waals surface area (Å²) in [6.07, 6.45) is 0.595. The third kappa shape index (κ3) is 6.81. The Hall–Kier alpha value is -4.76. The molecule has 0 aliphatic heterocycles. The number of aryl methyl sites for hydroxylation is 1. The normalized spacial score (nSPS) is 11.5. The van der Waals surface area contributed by atoms with Crippen LogP contribution >= 0.6 is 0 Å². The summed E-state index contributed by atoms with van der Waals surface area (Å²) < 4.78 is 28.3. The maximum absolute atomic E-state index is 13.6. The maximum Gasteiger partial charge on any atom is 0.264 e. The molecule has 0 aliphatic carbocycles. The van der Waals surface area contributed by atoms with Crippen LogP contribution in [0.3, 0.4) is 0 Å². The van der Waals surface area contributed by atoms with E-state index in [2.05, 4.69) is 15.8 Å². The summed E-state index contributed by atoms with van der Waals surface area (Å²) in [4.78, 5) is 25.4. The summed E-state index contributed by atoms with van der Waals surface area (Å²) in [5.74, 6) is -0.804. The second-order valence-electron chi connectivity index (χ2n) is 8.94. The summed E-state index contributed by atoms with van der Waals surface area (Å²) in [6.45, 7) is 3.20. The largest absolute Gasteiger partial charge is 0.322 e. The molecule has 2 amide bonds. The summed E-state index contributed by atoms with van der Waals surface area (Å²) in [5.41, 5.74) is 6.13. The molecule has 0 heterocycles. The first-order valence-corrected chi connectivity index (χ1v) is 14.2. The molecule has 0 aromatic heterocycles. The Morgan fingerprint density at radius 1 is 0.775 bits per heavy atom. The van der Waals surface area contributed by atoms with Crippen LogP contribution in [-0.4, -0.2) is 32.5 Å². The average Bonchev–Trinajstić information content (AvgIpc) is 2.99. The van der Waals surface area contributed by atoms with Gasteiger partial charge in [-0.1, -0.05) is 73.7 Å². The second kappa shape index (κ2) is 12.9. The maximum atomic E-state index is 13.6. The van der Waals surface area contributed by atoms with E-state index in [1.54, 1.807) is 85.8 Å². The molecule has 0 spiro atoms. The van der Waals surface area contributed by atoms with Crippen molar-refractivity contribution in [3.63, 3.8) is 0 Å². The van der Waals surface area contributed by atoms with E-state index in [4.69, 9.17) is 0 Å². The van der Waals surface area contributed by atoms with Crippen molar-refractivity contribution in [3.8, 4) is 0 Å². The average molecular weight is 555 g/mol. The number of rotatable bonds is 10. The minimum absolute atomic E-state index is 0.0906. The Balaban J connectivity index is 1.48. The molecule has 8 nitrogen and oxygen atoms in total.